The highest BCUT2D eigenvalue weighted by molar-refractivity contribution is 5.80. The van der Waals surface area contributed by atoms with Gasteiger partial charge in [0.05, 0.1) is 22.7 Å². The lowest BCUT2D eigenvalue weighted by Gasteiger charge is -2.60. The van der Waals surface area contributed by atoms with E-state index in [2.05, 4.69) is 6.92 Å². The number of carbonyl (C=O) groups excluding carboxylic acids is 6. The van der Waals surface area contributed by atoms with E-state index in [-0.39, 0.29) is 111 Å². The zero-order valence-electron chi connectivity index (χ0n) is 42.2. The molecule has 0 amide bonds. The van der Waals surface area contributed by atoms with Crippen molar-refractivity contribution in [1.29, 1.82) is 0 Å². The van der Waals surface area contributed by atoms with Crippen LogP contribution < -0.4 is 0 Å². The number of esters is 6. The molecule has 0 radical (unpaired) electrons. The van der Waals surface area contributed by atoms with Gasteiger partial charge in [-0.1, -0.05) is 92.0 Å². The Kier molecular flexibility index (Phi) is 33.6. The van der Waals surface area contributed by atoms with E-state index in [9.17, 15) is 28.8 Å². The van der Waals surface area contributed by atoms with Crippen LogP contribution in [0.3, 0.4) is 0 Å². The predicted molar refractivity (Wildman–Crippen MR) is 286 cm³/mol. The van der Waals surface area contributed by atoms with Gasteiger partial charge >= 0.3 is 35.8 Å². The predicted octanol–water partition coefficient (Wildman–Crippen LogP) is 15.2. The second-order valence-electron chi connectivity index (χ2n) is 21.9. The zero-order chi connectivity index (χ0) is 48.0. The normalized spacial score (nSPS) is 23.3. The largest absolute Gasteiger partial charge is 0.465 e. The van der Waals surface area contributed by atoms with Gasteiger partial charge in [-0.15, -0.1) is 0 Å². The van der Waals surface area contributed by atoms with Gasteiger partial charge in [-0.25, -0.2) is 9.59 Å². The van der Waals surface area contributed by atoms with Crippen LogP contribution in [0.15, 0.2) is 0 Å². The summed E-state index contributed by atoms with van der Waals surface area (Å²) in [6.45, 7) is 22.5. The molecular weight excluding hydrogens is 889 g/mol. The maximum atomic E-state index is 12.5. The lowest BCUT2D eigenvalue weighted by atomic mass is 9.49. The third-order valence-electron chi connectivity index (χ3n) is 15.9. The first-order valence-electron chi connectivity index (χ1n) is 25.1. The first kappa shape index (κ1) is 73.4. The Balaban J connectivity index is -0.000000453. The van der Waals surface area contributed by atoms with E-state index in [0.717, 1.165) is 82.5 Å². The fourth-order valence-electron chi connectivity index (χ4n) is 10.3. The van der Waals surface area contributed by atoms with Crippen LogP contribution in [0.5, 0.6) is 0 Å². The molecule has 6 fully saturated rings. The summed E-state index contributed by atoms with van der Waals surface area (Å²) in [5.74, 6) is 0.819. The molecule has 0 atom stereocenters. The van der Waals surface area contributed by atoms with E-state index in [1.165, 1.54) is 44.9 Å². The second-order valence-corrected chi connectivity index (χ2v) is 21.9. The van der Waals surface area contributed by atoms with E-state index < -0.39 is 28.2 Å². The van der Waals surface area contributed by atoms with Gasteiger partial charge in [0.25, 0.3) is 0 Å². The van der Waals surface area contributed by atoms with Gasteiger partial charge in [0.1, 0.15) is 23.4 Å². The lowest BCUT2D eigenvalue weighted by Crippen LogP contribution is -2.59. The quantitative estimate of drug-likeness (QED) is 0.0947. The Morgan fingerprint density at radius 3 is 1.20 bits per heavy atom. The first-order chi connectivity index (χ1) is 29.9. The molecule has 0 spiro atoms. The van der Waals surface area contributed by atoms with Crippen LogP contribution in [0.25, 0.3) is 0 Å². The summed E-state index contributed by atoms with van der Waals surface area (Å²) in [7, 11) is 0. The highest BCUT2D eigenvalue weighted by Crippen LogP contribution is 2.60. The molecule has 0 aromatic heterocycles. The monoisotopic (exact) mass is 1000 g/mol. The molecule has 6 aliphatic carbocycles. The van der Waals surface area contributed by atoms with E-state index in [1.54, 1.807) is 0 Å². The maximum Gasteiger partial charge on any atom is 0.344 e. The highest BCUT2D eigenvalue weighted by atomic mass is 16.6. The van der Waals surface area contributed by atoms with Gasteiger partial charge in [-0.3, -0.25) is 19.2 Å². The van der Waals surface area contributed by atoms with Crippen molar-refractivity contribution in [3.63, 3.8) is 0 Å². The minimum absolute atomic E-state index is 0. The minimum atomic E-state index is -0.548. The SMILES string of the molecule is C.C.C.C.C.C.CCC(C)(C)C(=O)OCC(=O)OC1(C)CCCCC1.CCC(C)(C)C(=O)OCCC(=O)OC1(CC)C2CC3CC(C2)CC1C3.CCC1(OC(=O)COC(=O)C(C)(C)CC)CCCCC1. The fraction of sp³-hybridized carbons (Fsp3) is 0.897. The second kappa shape index (κ2) is 32.1. The van der Waals surface area contributed by atoms with Crippen molar-refractivity contribution in [2.45, 2.75) is 279 Å². The van der Waals surface area contributed by atoms with Crippen LogP contribution in [0.4, 0.5) is 0 Å². The summed E-state index contributed by atoms with van der Waals surface area (Å²) in [6, 6.07) is 0. The van der Waals surface area contributed by atoms with E-state index in [0.29, 0.717) is 24.7 Å². The molecule has 0 heterocycles. The number of hydrogen-bond acceptors (Lipinski definition) is 12. The van der Waals surface area contributed by atoms with Crippen molar-refractivity contribution >= 4 is 35.8 Å². The molecule has 0 unspecified atom stereocenters. The van der Waals surface area contributed by atoms with Crippen LogP contribution >= 0.6 is 0 Å². The molecule has 70 heavy (non-hydrogen) atoms. The summed E-state index contributed by atoms with van der Waals surface area (Å²) >= 11 is 0. The Morgan fingerprint density at radius 1 is 0.457 bits per heavy atom. The Labute approximate surface area is 430 Å². The fourth-order valence-corrected chi connectivity index (χ4v) is 10.3. The maximum absolute atomic E-state index is 12.5. The van der Waals surface area contributed by atoms with Gasteiger partial charge in [-0.2, -0.15) is 0 Å². The van der Waals surface area contributed by atoms with Crippen molar-refractivity contribution in [2.75, 3.05) is 19.8 Å². The van der Waals surface area contributed by atoms with Crippen molar-refractivity contribution in [3.05, 3.63) is 0 Å². The first-order valence-corrected chi connectivity index (χ1v) is 25.1. The molecule has 0 aliphatic heterocycles. The summed E-state index contributed by atoms with van der Waals surface area (Å²) < 4.78 is 32.6. The average Bonchev–Trinajstić information content (AvgIpc) is 3.26. The Hall–Kier alpha value is -3.18. The summed E-state index contributed by atoms with van der Waals surface area (Å²) in [6.07, 6.45) is 20.7. The number of ether oxygens (including phenoxy) is 6. The standard InChI is InChI=1S/C21H34O4.C16H28O4.C15H26O4.6CH4/c1-5-20(3,4)19(23)24-8-7-18(22)25-21(6-2)16-10-14-9-15(12-16)13-17(21)11-14;1-5-15(3,4)14(18)19-12-13(17)20-16(6-2)10-8-7-9-11-16;1-5-14(2,3)13(17)18-11-12(16)19-15(4)9-7-6-8-10-15;;;;;;/h14-17H,5-13H2,1-4H3;5-12H2,1-4H3;5-11H2,1-4H3;6*1H4. The molecule has 416 valence electrons. The smallest absolute Gasteiger partial charge is 0.344 e. The van der Waals surface area contributed by atoms with E-state index in [1.807, 2.05) is 76.2 Å². The zero-order valence-corrected chi connectivity index (χ0v) is 42.2. The molecule has 12 nitrogen and oxygen atoms in total. The minimum Gasteiger partial charge on any atom is -0.465 e. The summed E-state index contributed by atoms with van der Waals surface area (Å²) in [5.41, 5.74) is -2.54. The van der Waals surface area contributed by atoms with Gasteiger partial charge in [0.15, 0.2) is 13.2 Å². The molecule has 6 saturated carbocycles. The number of rotatable bonds is 18. The van der Waals surface area contributed by atoms with Gasteiger partial charge < -0.3 is 28.4 Å². The molecular formula is C58H112O12. The molecule has 0 saturated heterocycles. The van der Waals surface area contributed by atoms with Crippen molar-refractivity contribution in [2.24, 2.45) is 39.9 Å². The Morgan fingerprint density at radius 2 is 0.829 bits per heavy atom. The summed E-state index contributed by atoms with van der Waals surface area (Å²) in [5, 5.41) is 0. The van der Waals surface area contributed by atoms with Gasteiger partial charge in [-0.05, 0) is 188 Å². The van der Waals surface area contributed by atoms with Crippen LogP contribution in [-0.2, 0) is 57.2 Å². The lowest BCUT2D eigenvalue weighted by molar-refractivity contribution is -0.211. The molecule has 6 rings (SSSR count). The van der Waals surface area contributed by atoms with Crippen molar-refractivity contribution in [1.82, 2.24) is 0 Å². The Bertz CT molecular complexity index is 1520. The molecule has 0 aromatic rings. The van der Waals surface area contributed by atoms with Gasteiger partial charge in [0, 0.05) is 0 Å². The number of hydrogen-bond donors (Lipinski definition) is 0. The van der Waals surface area contributed by atoms with E-state index >= 15 is 0 Å². The van der Waals surface area contributed by atoms with Crippen molar-refractivity contribution < 1.29 is 57.2 Å². The van der Waals surface area contributed by atoms with Crippen molar-refractivity contribution in [3.8, 4) is 0 Å². The molecule has 12 heteroatoms. The number of carbonyl (C=O) groups is 6. The molecule has 6 aliphatic rings. The topological polar surface area (TPSA) is 158 Å². The molecule has 0 N–H and O–H groups in total. The van der Waals surface area contributed by atoms with Crippen LogP contribution in [-0.4, -0.2) is 72.4 Å². The highest BCUT2D eigenvalue weighted by Gasteiger charge is 2.58. The molecule has 4 bridgehead atoms. The van der Waals surface area contributed by atoms with Gasteiger partial charge in [0.2, 0.25) is 0 Å². The summed E-state index contributed by atoms with van der Waals surface area (Å²) in [4.78, 5) is 71.7. The van der Waals surface area contributed by atoms with Crippen LogP contribution in [0.2, 0.25) is 0 Å². The van der Waals surface area contributed by atoms with Crippen LogP contribution in [0, 0.1) is 39.9 Å². The molecule has 0 aromatic carbocycles. The third-order valence-corrected chi connectivity index (χ3v) is 15.9. The van der Waals surface area contributed by atoms with E-state index in [4.69, 9.17) is 28.4 Å². The average molecular weight is 1000 g/mol. The third kappa shape index (κ3) is 20.7. The van der Waals surface area contributed by atoms with Crippen LogP contribution in [0.1, 0.15) is 262 Å².